The van der Waals surface area contributed by atoms with Crippen LogP contribution in [0, 0.1) is 0 Å². The molecule has 0 saturated heterocycles. The van der Waals surface area contributed by atoms with Gasteiger partial charge in [-0.3, -0.25) is 4.72 Å². The van der Waals surface area contributed by atoms with Crippen molar-refractivity contribution in [3.05, 3.63) is 51.0 Å². The summed E-state index contributed by atoms with van der Waals surface area (Å²) >= 11 is 9.32. The second kappa shape index (κ2) is 6.94. The van der Waals surface area contributed by atoms with Gasteiger partial charge in [0.25, 0.3) is 10.0 Å². The van der Waals surface area contributed by atoms with Crippen molar-refractivity contribution >= 4 is 43.2 Å². The van der Waals surface area contributed by atoms with Gasteiger partial charge in [0.05, 0.1) is 17.8 Å². The maximum absolute atomic E-state index is 12.8. The van der Waals surface area contributed by atoms with E-state index in [2.05, 4.69) is 20.7 Å². The van der Waals surface area contributed by atoms with Crippen LogP contribution < -0.4 is 9.46 Å². The largest absolute Gasteiger partial charge is 0.495 e. The van der Waals surface area contributed by atoms with Gasteiger partial charge in [-0.2, -0.15) is 0 Å². The lowest BCUT2D eigenvalue weighted by molar-refractivity contribution is 0.401. The molecule has 0 bridgehead atoms. The fourth-order valence-corrected chi connectivity index (χ4v) is 4.56. The van der Waals surface area contributed by atoms with E-state index in [0.717, 1.165) is 31.2 Å². The zero-order chi connectivity index (χ0) is 17.3. The zero-order valence-corrected chi connectivity index (χ0v) is 16.3. The first-order valence-corrected chi connectivity index (χ1v) is 10.2. The highest BCUT2D eigenvalue weighted by Gasteiger charge is 2.23. The molecule has 2 aromatic carbocycles. The Morgan fingerprint density at radius 2 is 1.79 bits per heavy atom. The van der Waals surface area contributed by atoms with Gasteiger partial charge in [-0.05, 0) is 83.1 Å². The number of halogens is 2. The Hall–Kier alpha value is -1.24. The number of anilines is 1. The third-order valence-electron chi connectivity index (χ3n) is 4.09. The summed E-state index contributed by atoms with van der Waals surface area (Å²) in [6.07, 6.45) is 4.06. The third-order valence-corrected chi connectivity index (χ3v) is 6.72. The van der Waals surface area contributed by atoms with Gasteiger partial charge < -0.3 is 4.74 Å². The molecular formula is C17H17BrClNO3S. The van der Waals surface area contributed by atoms with Crippen molar-refractivity contribution in [3.8, 4) is 5.75 Å². The SMILES string of the molecule is COc1cc2c(cc1S(=O)(=O)Nc1ccc(Br)c(Cl)c1)CCCC2. The first kappa shape index (κ1) is 17.6. The van der Waals surface area contributed by atoms with Crippen LogP contribution in [0.3, 0.4) is 0 Å². The van der Waals surface area contributed by atoms with Gasteiger partial charge in [0.2, 0.25) is 0 Å². The molecule has 128 valence electrons. The predicted molar refractivity (Wildman–Crippen MR) is 99.6 cm³/mol. The van der Waals surface area contributed by atoms with Crippen LogP contribution in [0.25, 0.3) is 0 Å². The van der Waals surface area contributed by atoms with Crippen LogP contribution in [0.4, 0.5) is 5.69 Å². The molecule has 0 radical (unpaired) electrons. The van der Waals surface area contributed by atoms with E-state index in [1.165, 1.54) is 12.7 Å². The molecule has 0 unspecified atom stereocenters. The molecule has 0 saturated carbocycles. The van der Waals surface area contributed by atoms with E-state index >= 15 is 0 Å². The average Bonchev–Trinajstić information content (AvgIpc) is 2.56. The molecule has 1 N–H and O–H groups in total. The van der Waals surface area contributed by atoms with Crippen LogP contribution in [-0.4, -0.2) is 15.5 Å². The van der Waals surface area contributed by atoms with Crippen molar-refractivity contribution in [1.29, 1.82) is 0 Å². The molecule has 0 aromatic heterocycles. The standard InChI is InChI=1S/C17H17BrClNO3S/c1-23-16-8-11-4-2-3-5-12(11)9-17(16)24(21,22)20-13-6-7-14(18)15(19)10-13/h6-10,20H,2-5H2,1H3. The number of aryl methyl sites for hydroxylation is 2. The monoisotopic (exact) mass is 429 g/mol. The lowest BCUT2D eigenvalue weighted by atomic mass is 9.92. The van der Waals surface area contributed by atoms with Gasteiger partial charge in [-0.1, -0.05) is 11.6 Å². The van der Waals surface area contributed by atoms with Crippen LogP contribution >= 0.6 is 27.5 Å². The molecular weight excluding hydrogens is 414 g/mol. The lowest BCUT2D eigenvalue weighted by Crippen LogP contribution is -2.16. The molecule has 0 atom stereocenters. The van der Waals surface area contributed by atoms with E-state index < -0.39 is 10.0 Å². The van der Waals surface area contributed by atoms with Gasteiger partial charge in [0.15, 0.2) is 0 Å². The summed E-state index contributed by atoms with van der Waals surface area (Å²) < 4.78 is 34.2. The molecule has 4 nitrogen and oxygen atoms in total. The Morgan fingerprint density at radius 3 is 2.42 bits per heavy atom. The fraction of sp³-hybridized carbons (Fsp3) is 0.294. The highest BCUT2D eigenvalue weighted by atomic mass is 79.9. The first-order chi connectivity index (χ1) is 11.4. The molecule has 0 aliphatic heterocycles. The van der Waals surface area contributed by atoms with E-state index in [1.54, 1.807) is 24.3 Å². The first-order valence-electron chi connectivity index (χ1n) is 7.58. The van der Waals surface area contributed by atoms with E-state index in [4.69, 9.17) is 16.3 Å². The van der Waals surface area contributed by atoms with Gasteiger partial charge >= 0.3 is 0 Å². The number of methoxy groups -OCH3 is 1. The molecule has 24 heavy (non-hydrogen) atoms. The number of sulfonamides is 1. The summed E-state index contributed by atoms with van der Waals surface area (Å²) in [6, 6.07) is 8.49. The maximum atomic E-state index is 12.8. The van der Waals surface area contributed by atoms with Gasteiger partial charge in [0.1, 0.15) is 10.6 Å². The van der Waals surface area contributed by atoms with E-state index in [1.807, 2.05) is 6.07 Å². The third kappa shape index (κ3) is 3.55. The summed E-state index contributed by atoms with van der Waals surface area (Å²) in [7, 11) is -2.28. The van der Waals surface area contributed by atoms with Crippen LogP contribution in [0.5, 0.6) is 5.75 Å². The minimum Gasteiger partial charge on any atom is -0.495 e. The molecule has 0 amide bonds. The summed E-state index contributed by atoms with van der Waals surface area (Å²) in [5.74, 6) is 0.367. The molecule has 7 heteroatoms. The zero-order valence-electron chi connectivity index (χ0n) is 13.1. The lowest BCUT2D eigenvalue weighted by Gasteiger charge is -2.19. The predicted octanol–water partition coefficient (Wildman–Crippen LogP) is 4.79. The van der Waals surface area contributed by atoms with Crippen molar-refractivity contribution in [2.24, 2.45) is 0 Å². The molecule has 2 aromatic rings. The van der Waals surface area contributed by atoms with Crippen LogP contribution in [0.1, 0.15) is 24.0 Å². The summed E-state index contributed by atoms with van der Waals surface area (Å²) in [5, 5.41) is 0.438. The fourth-order valence-electron chi connectivity index (χ4n) is 2.88. The number of rotatable bonds is 4. The molecule has 1 aliphatic rings. The maximum Gasteiger partial charge on any atom is 0.265 e. The summed E-state index contributed by atoms with van der Waals surface area (Å²) in [4.78, 5) is 0.157. The van der Waals surface area contributed by atoms with E-state index in [-0.39, 0.29) is 4.90 Å². The van der Waals surface area contributed by atoms with Crippen molar-refractivity contribution in [2.75, 3.05) is 11.8 Å². The minimum absolute atomic E-state index is 0.157. The van der Waals surface area contributed by atoms with Crippen molar-refractivity contribution in [3.63, 3.8) is 0 Å². The van der Waals surface area contributed by atoms with E-state index in [0.29, 0.717) is 20.9 Å². The Labute approximate surface area is 155 Å². The van der Waals surface area contributed by atoms with Gasteiger partial charge in [0, 0.05) is 4.47 Å². The Bertz CT molecular complexity index is 884. The van der Waals surface area contributed by atoms with Crippen LogP contribution in [0.2, 0.25) is 5.02 Å². The number of benzene rings is 2. The van der Waals surface area contributed by atoms with Crippen LogP contribution in [-0.2, 0) is 22.9 Å². The average molecular weight is 431 g/mol. The number of nitrogens with one attached hydrogen (secondary N) is 1. The number of hydrogen-bond acceptors (Lipinski definition) is 3. The smallest absolute Gasteiger partial charge is 0.265 e. The van der Waals surface area contributed by atoms with Gasteiger partial charge in [-0.15, -0.1) is 0 Å². The highest BCUT2D eigenvalue weighted by Crippen LogP contribution is 2.33. The van der Waals surface area contributed by atoms with Crippen molar-refractivity contribution in [1.82, 2.24) is 0 Å². The second-order valence-electron chi connectivity index (χ2n) is 5.71. The Balaban J connectivity index is 2.00. The quantitative estimate of drug-likeness (QED) is 0.758. The second-order valence-corrected chi connectivity index (χ2v) is 8.63. The number of ether oxygens (including phenoxy) is 1. The topological polar surface area (TPSA) is 55.4 Å². The molecule has 0 heterocycles. The summed E-state index contributed by atoms with van der Waals surface area (Å²) in [5.41, 5.74) is 2.66. The number of fused-ring (bicyclic) bond motifs is 1. The molecule has 0 fully saturated rings. The molecule has 1 aliphatic carbocycles. The Morgan fingerprint density at radius 1 is 1.12 bits per heavy atom. The minimum atomic E-state index is -3.77. The molecule has 0 spiro atoms. The summed E-state index contributed by atoms with van der Waals surface area (Å²) in [6.45, 7) is 0. The molecule has 3 rings (SSSR count). The van der Waals surface area contributed by atoms with Crippen molar-refractivity contribution < 1.29 is 13.2 Å². The number of hydrogen-bond donors (Lipinski definition) is 1. The Kier molecular flexibility index (Phi) is 5.08. The van der Waals surface area contributed by atoms with Crippen LogP contribution in [0.15, 0.2) is 39.7 Å². The highest BCUT2D eigenvalue weighted by molar-refractivity contribution is 9.10. The normalized spacial score (nSPS) is 14.1. The van der Waals surface area contributed by atoms with Gasteiger partial charge in [-0.25, -0.2) is 8.42 Å². The van der Waals surface area contributed by atoms with E-state index in [9.17, 15) is 8.42 Å². The van der Waals surface area contributed by atoms with Crippen molar-refractivity contribution in [2.45, 2.75) is 30.6 Å².